The molecule has 0 amide bonds. The third kappa shape index (κ3) is 9.98. The Morgan fingerprint density at radius 1 is 0.208 bits per heavy atom. The summed E-state index contributed by atoms with van der Waals surface area (Å²) in [6, 6.07) is 117. The molecule has 7 heteroatoms. The number of nitrogens with zero attached hydrogens (tertiary/aromatic N) is 4. The molecule has 7 heterocycles. The van der Waals surface area contributed by atoms with E-state index in [2.05, 4.69) is 349 Å². The van der Waals surface area contributed by atoms with E-state index in [1.165, 1.54) is 141 Å². The summed E-state index contributed by atoms with van der Waals surface area (Å²) in [7, 11) is 0. The predicted octanol–water partition coefficient (Wildman–Crippen LogP) is 26.5. The lowest BCUT2D eigenvalue weighted by molar-refractivity contribution is 0.666. The molecule has 7 aromatic heterocycles. The van der Waals surface area contributed by atoms with Gasteiger partial charge < -0.3 is 27.1 Å². The summed E-state index contributed by atoms with van der Waals surface area (Å²) >= 11 is 1.87. The highest BCUT2D eigenvalue weighted by Gasteiger charge is 2.20. The summed E-state index contributed by atoms with van der Waals surface area (Å²) in [6.07, 6.45) is 0. The lowest BCUT2D eigenvalue weighted by Gasteiger charge is -2.08. The molecule has 0 fully saturated rings. The number of benzene rings is 15. The number of aryl methyl sites for hydroxylation is 4. The van der Waals surface area contributed by atoms with Crippen molar-refractivity contribution in [3.63, 3.8) is 0 Å². The zero-order chi connectivity index (χ0) is 67.4. The third-order valence-corrected chi connectivity index (χ3v) is 21.3. The van der Waals surface area contributed by atoms with E-state index in [-0.39, 0.29) is 0 Å². The summed E-state index contributed by atoms with van der Waals surface area (Å²) < 4.78 is 24.4. The van der Waals surface area contributed by atoms with Crippen LogP contribution >= 0.6 is 11.3 Å². The lowest BCUT2D eigenvalue weighted by atomic mass is 10.1. The molecule has 15 aromatic carbocycles. The highest BCUT2D eigenvalue weighted by Crippen LogP contribution is 2.42. The Bertz CT molecular complexity index is 6780. The fourth-order valence-corrected chi connectivity index (χ4v) is 16.7. The molecule has 480 valence electrons. The summed E-state index contributed by atoms with van der Waals surface area (Å²) in [5.41, 5.74) is 23.5. The maximum atomic E-state index is 6.31. The van der Waals surface area contributed by atoms with Gasteiger partial charge in [0.1, 0.15) is 16.7 Å². The second-order valence-corrected chi connectivity index (χ2v) is 27.7. The Balaban J connectivity index is 0.0000000941. The van der Waals surface area contributed by atoms with Gasteiger partial charge in [-0.05, 0) is 173 Å². The molecule has 0 bridgehead atoms. The van der Waals surface area contributed by atoms with Crippen molar-refractivity contribution in [2.24, 2.45) is 0 Å². The molecule has 0 saturated heterocycles. The smallest absolute Gasteiger partial charge is 0.159 e. The number of furan rings is 2. The number of fused-ring (bicyclic) bond motifs is 21. The van der Waals surface area contributed by atoms with Crippen molar-refractivity contribution in [3.8, 4) is 22.7 Å². The highest BCUT2D eigenvalue weighted by molar-refractivity contribution is 7.25. The van der Waals surface area contributed by atoms with Crippen molar-refractivity contribution in [1.82, 2.24) is 18.3 Å². The minimum Gasteiger partial charge on any atom is -0.456 e. The molecule has 0 aliphatic heterocycles. The van der Waals surface area contributed by atoms with Gasteiger partial charge in [0.25, 0.3) is 0 Å². The molecule has 22 aromatic rings. The van der Waals surface area contributed by atoms with Crippen LogP contribution in [0.5, 0.6) is 0 Å². The van der Waals surface area contributed by atoms with Crippen LogP contribution in [-0.4, -0.2) is 18.3 Å². The zero-order valence-electron chi connectivity index (χ0n) is 56.2. The van der Waals surface area contributed by atoms with Crippen molar-refractivity contribution in [2.45, 2.75) is 27.7 Å². The van der Waals surface area contributed by atoms with Crippen LogP contribution in [0.2, 0.25) is 0 Å². The predicted molar refractivity (Wildman–Crippen MR) is 430 cm³/mol. The number of aromatic nitrogens is 4. The number of hydrogen-bond acceptors (Lipinski definition) is 3. The van der Waals surface area contributed by atoms with E-state index in [0.717, 1.165) is 55.3 Å². The van der Waals surface area contributed by atoms with Gasteiger partial charge in [-0.3, -0.25) is 0 Å². The molecule has 6 nitrogen and oxygen atoms in total. The molecule has 0 unspecified atom stereocenters. The van der Waals surface area contributed by atoms with Crippen molar-refractivity contribution < 1.29 is 8.83 Å². The van der Waals surface area contributed by atoms with E-state index in [1.807, 2.05) is 35.6 Å². The van der Waals surface area contributed by atoms with Crippen LogP contribution in [0.15, 0.2) is 336 Å². The van der Waals surface area contributed by atoms with E-state index in [9.17, 15) is 0 Å². The quantitative estimate of drug-likeness (QED) is 0.176. The van der Waals surface area contributed by atoms with Crippen LogP contribution in [0, 0.1) is 27.7 Å². The Labute approximate surface area is 586 Å². The highest BCUT2D eigenvalue weighted by atomic mass is 32.1. The molecule has 0 saturated carbocycles. The average molecular weight is 1320 g/mol. The summed E-state index contributed by atoms with van der Waals surface area (Å²) in [6.45, 7) is 8.60. The van der Waals surface area contributed by atoms with Gasteiger partial charge in [-0.15, -0.1) is 11.3 Å². The van der Waals surface area contributed by atoms with Crippen molar-refractivity contribution in [3.05, 3.63) is 350 Å². The van der Waals surface area contributed by atoms with Gasteiger partial charge in [-0.2, -0.15) is 0 Å². The molecular formula is C94H66N4O2S. The second-order valence-electron chi connectivity index (χ2n) is 26.6. The first-order valence-electron chi connectivity index (χ1n) is 34.5. The number of rotatable bonds is 4. The maximum absolute atomic E-state index is 6.31. The topological polar surface area (TPSA) is 46.0 Å². The van der Waals surface area contributed by atoms with Crippen molar-refractivity contribution in [1.29, 1.82) is 0 Å². The van der Waals surface area contributed by atoms with Gasteiger partial charge >= 0.3 is 0 Å². The largest absolute Gasteiger partial charge is 0.456 e. The average Bonchev–Trinajstić information content (AvgIpc) is 1.60. The Kier molecular flexibility index (Phi) is 14.2. The molecule has 101 heavy (non-hydrogen) atoms. The fraction of sp³-hybridized carbons (Fsp3) is 0.0426. The van der Waals surface area contributed by atoms with Crippen molar-refractivity contribution >= 4 is 163 Å². The van der Waals surface area contributed by atoms with Crippen LogP contribution in [0.4, 0.5) is 0 Å². The molecule has 0 aliphatic rings. The SMILES string of the molecule is Cc1ccc2c(c1)c1ccccc1n2-c1ccc2oc3ccccc3c2c1.Cc1ccc2c(c1)c1ccccc1n2-c1ccc2sc3ccccc3c2c1.Cc1ccc2c(c1)c1ccccc1n2-c1cccc2c1oc1ccccc12.Cc1ccc2c(c1)c1ccccc1n2-c1ccccc1. The first kappa shape index (κ1) is 59.6. The van der Waals surface area contributed by atoms with E-state index >= 15 is 0 Å². The third-order valence-electron chi connectivity index (χ3n) is 20.2. The van der Waals surface area contributed by atoms with Gasteiger partial charge in [-0.1, -0.05) is 204 Å². The second kappa shape index (κ2) is 24.1. The summed E-state index contributed by atoms with van der Waals surface area (Å²) in [5, 5.41) is 17.7. The Morgan fingerprint density at radius 2 is 0.564 bits per heavy atom. The van der Waals surface area contributed by atoms with E-state index in [1.54, 1.807) is 0 Å². The summed E-state index contributed by atoms with van der Waals surface area (Å²) in [4.78, 5) is 0. The molecular weight excluding hydrogens is 1250 g/mol. The van der Waals surface area contributed by atoms with Crippen molar-refractivity contribution in [2.75, 3.05) is 0 Å². The van der Waals surface area contributed by atoms with Crippen LogP contribution in [-0.2, 0) is 0 Å². The van der Waals surface area contributed by atoms with Crippen LogP contribution in [0.3, 0.4) is 0 Å². The number of hydrogen-bond donors (Lipinski definition) is 0. The standard InChI is InChI=1S/2C25H17NO.C25H17NS.C19H15N/c1-16-13-14-22-20(15-16)17-7-2-4-10-21(17)26(22)23-11-6-9-19-18-8-3-5-12-24(18)27-25(19)23;2*1-16-10-12-23-20(14-16)18-6-2-4-8-22(18)26(23)17-11-13-25-21(15-17)19-7-3-5-9-24(19)27-25;1-14-11-12-19-17(13-14)16-9-5-6-10-18(16)20(19)15-7-3-2-4-8-15/h3*2-15H,1H3;2-13H,1H3. The van der Waals surface area contributed by atoms with Gasteiger partial charge in [0, 0.05) is 102 Å². The Morgan fingerprint density at radius 3 is 1.09 bits per heavy atom. The fourth-order valence-electron chi connectivity index (χ4n) is 15.6. The maximum Gasteiger partial charge on any atom is 0.159 e. The van der Waals surface area contributed by atoms with E-state index in [0.29, 0.717) is 0 Å². The van der Waals surface area contributed by atoms with E-state index in [4.69, 9.17) is 8.83 Å². The molecule has 0 radical (unpaired) electrons. The Hall–Kier alpha value is -12.7. The van der Waals surface area contributed by atoms with Gasteiger partial charge in [0.2, 0.25) is 0 Å². The summed E-state index contributed by atoms with van der Waals surface area (Å²) in [5.74, 6) is 0. The van der Waals surface area contributed by atoms with Gasteiger partial charge in [0.15, 0.2) is 5.58 Å². The number of para-hydroxylation sites is 8. The van der Waals surface area contributed by atoms with Crippen LogP contribution in [0.25, 0.3) is 174 Å². The number of thiophene rings is 1. The monoisotopic (exact) mass is 1310 g/mol. The molecule has 0 atom stereocenters. The molecule has 0 spiro atoms. The van der Waals surface area contributed by atoms with Gasteiger partial charge in [-0.25, -0.2) is 0 Å². The minimum atomic E-state index is 0.927. The normalized spacial score (nSPS) is 11.8. The molecule has 22 rings (SSSR count). The first-order valence-corrected chi connectivity index (χ1v) is 35.3. The van der Waals surface area contributed by atoms with Gasteiger partial charge in [0.05, 0.1) is 49.8 Å². The molecule has 0 N–H and O–H groups in total. The minimum absolute atomic E-state index is 0.927. The molecule has 0 aliphatic carbocycles. The van der Waals surface area contributed by atoms with E-state index < -0.39 is 0 Å². The lowest BCUT2D eigenvalue weighted by Crippen LogP contribution is -1.94. The van der Waals surface area contributed by atoms with Crippen LogP contribution < -0.4 is 0 Å². The first-order chi connectivity index (χ1) is 49.7. The zero-order valence-corrected chi connectivity index (χ0v) is 57.0. The van der Waals surface area contributed by atoms with Crippen LogP contribution in [0.1, 0.15) is 22.3 Å².